The molecule has 29 heavy (non-hydrogen) atoms. The van der Waals surface area contributed by atoms with Crippen LogP contribution >= 0.6 is 11.3 Å². The van der Waals surface area contributed by atoms with E-state index in [0.29, 0.717) is 21.8 Å². The Morgan fingerprint density at radius 3 is 2.69 bits per heavy atom. The van der Waals surface area contributed by atoms with Gasteiger partial charge < -0.3 is 9.15 Å². The number of hydrogen-bond donors (Lipinski definition) is 0. The van der Waals surface area contributed by atoms with Crippen LogP contribution in [-0.4, -0.2) is 22.6 Å². The van der Waals surface area contributed by atoms with Crippen molar-refractivity contribution in [2.24, 2.45) is 0 Å². The number of carbonyl (C=O) groups is 1. The number of nitrogens with zero attached hydrogens (tertiary/aromatic N) is 2. The number of thiophene rings is 1. The van der Waals surface area contributed by atoms with Crippen molar-refractivity contribution in [3.63, 3.8) is 0 Å². The lowest BCUT2D eigenvalue weighted by molar-refractivity contribution is 0.0563. The number of benzene rings is 1. The highest BCUT2D eigenvalue weighted by Gasteiger charge is 2.18. The molecule has 0 fully saturated rings. The van der Waals surface area contributed by atoms with Crippen molar-refractivity contribution in [3.8, 4) is 11.1 Å². The quantitative estimate of drug-likeness (QED) is 0.466. The molecule has 4 aromatic rings. The van der Waals surface area contributed by atoms with Crippen LogP contribution in [0.4, 0.5) is 0 Å². The highest BCUT2D eigenvalue weighted by atomic mass is 32.1. The first kappa shape index (κ1) is 19.1. The van der Waals surface area contributed by atoms with Gasteiger partial charge in [0.05, 0.1) is 19.0 Å². The highest BCUT2D eigenvalue weighted by molar-refractivity contribution is 7.17. The van der Waals surface area contributed by atoms with Crippen molar-refractivity contribution in [2.75, 3.05) is 7.11 Å². The van der Waals surface area contributed by atoms with E-state index in [1.807, 2.05) is 31.4 Å². The molecule has 0 spiro atoms. The Labute approximate surface area is 171 Å². The average Bonchev–Trinajstić information content (AvgIpc) is 3.32. The predicted octanol–water partition coefficient (Wildman–Crippen LogP) is 4.48. The summed E-state index contributed by atoms with van der Waals surface area (Å²) in [5, 5.41) is 2.59. The molecule has 148 valence electrons. The number of carbonyl (C=O) groups excluding carboxylic acids is 1. The van der Waals surface area contributed by atoms with Crippen molar-refractivity contribution < 1.29 is 13.9 Å². The molecule has 0 bridgehead atoms. The van der Waals surface area contributed by atoms with Crippen LogP contribution in [0.5, 0.6) is 0 Å². The molecule has 0 saturated heterocycles. The number of ether oxygens (including phenoxy) is 1. The minimum absolute atomic E-state index is 0.105. The van der Waals surface area contributed by atoms with Crippen molar-refractivity contribution in [1.82, 2.24) is 9.55 Å². The molecular formula is C22H20N2O4S. The third-order valence-corrected chi connectivity index (χ3v) is 5.79. The van der Waals surface area contributed by atoms with Crippen LogP contribution in [0.2, 0.25) is 0 Å². The van der Waals surface area contributed by atoms with Crippen LogP contribution < -0.4 is 5.56 Å². The third-order valence-electron chi connectivity index (χ3n) is 4.92. The second kappa shape index (κ2) is 7.33. The Kier molecular flexibility index (Phi) is 4.84. The van der Waals surface area contributed by atoms with E-state index in [-0.39, 0.29) is 17.9 Å². The first-order valence-electron chi connectivity index (χ1n) is 9.12. The van der Waals surface area contributed by atoms with Crippen molar-refractivity contribution >= 4 is 27.5 Å². The van der Waals surface area contributed by atoms with Gasteiger partial charge in [0.1, 0.15) is 16.4 Å². The SMILES string of the molecule is COC(=O)c1ccc(Cn2c(C)nc3scc(-c4ccc(C)cc4C)c3c2=O)o1. The number of aryl methyl sites for hydroxylation is 3. The maximum atomic E-state index is 13.4. The number of aromatic nitrogens is 2. The number of hydrogen-bond acceptors (Lipinski definition) is 6. The van der Waals surface area contributed by atoms with Crippen LogP contribution in [0, 0.1) is 20.8 Å². The van der Waals surface area contributed by atoms with Gasteiger partial charge in [-0.3, -0.25) is 9.36 Å². The summed E-state index contributed by atoms with van der Waals surface area (Å²) in [7, 11) is 1.29. The fraction of sp³-hybridized carbons (Fsp3) is 0.227. The number of rotatable bonds is 4. The van der Waals surface area contributed by atoms with Crippen molar-refractivity contribution in [1.29, 1.82) is 0 Å². The fourth-order valence-electron chi connectivity index (χ4n) is 3.46. The Hall–Kier alpha value is -3.19. The molecule has 0 aliphatic heterocycles. The van der Waals surface area contributed by atoms with Gasteiger partial charge >= 0.3 is 5.97 Å². The van der Waals surface area contributed by atoms with E-state index in [2.05, 4.69) is 15.8 Å². The fourth-order valence-corrected chi connectivity index (χ4v) is 4.43. The van der Waals surface area contributed by atoms with Gasteiger partial charge in [0.2, 0.25) is 5.76 Å². The first-order valence-corrected chi connectivity index (χ1v) is 10.00. The third kappa shape index (κ3) is 3.38. The van der Waals surface area contributed by atoms with E-state index >= 15 is 0 Å². The van der Waals surface area contributed by atoms with Crippen molar-refractivity contribution in [3.05, 3.63) is 74.5 Å². The van der Waals surface area contributed by atoms with E-state index < -0.39 is 5.97 Å². The number of furan rings is 1. The zero-order valence-corrected chi connectivity index (χ0v) is 17.4. The molecule has 0 N–H and O–H groups in total. The summed E-state index contributed by atoms with van der Waals surface area (Å²) in [4.78, 5) is 30.3. The van der Waals surface area contributed by atoms with Gasteiger partial charge in [-0.05, 0) is 44.0 Å². The van der Waals surface area contributed by atoms with Crippen molar-refractivity contribution in [2.45, 2.75) is 27.3 Å². The van der Waals surface area contributed by atoms with Gasteiger partial charge in [-0.15, -0.1) is 11.3 Å². The van der Waals surface area contributed by atoms with Crippen LogP contribution in [0.25, 0.3) is 21.3 Å². The second-order valence-corrected chi connectivity index (χ2v) is 7.81. The molecular weight excluding hydrogens is 388 g/mol. The van der Waals surface area contributed by atoms with E-state index in [4.69, 9.17) is 4.42 Å². The Balaban J connectivity index is 1.83. The smallest absolute Gasteiger partial charge is 0.373 e. The zero-order valence-electron chi connectivity index (χ0n) is 16.6. The Morgan fingerprint density at radius 2 is 1.97 bits per heavy atom. The lowest BCUT2D eigenvalue weighted by Crippen LogP contribution is -2.24. The van der Waals surface area contributed by atoms with Crippen LogP contribution in [0.3, 0.4) is 0 Å². The summed E-state index contributed by atoms with van der Waals surface area (Å²) in [6.45, 7) is 6.07. The molecule has 0 aliphatic rings. The van der Waals surface area contributed by atoms with Gasteiger partial charge in [0.25, 0.3) is 5.56 Å². The largest absolute Gasteiger partial charge is 0.463 e. The summed E-state index contributed by atoms with van der Waals surface area (Å²) in [5.41, 5.74) is 4.09. The summed E-state index contributed by atoms with van der Waals surface area (Å²) < 4.78 is 11.8. The van der Waals surface area contributed by atoms with E-state index in [9.17, 15) is 9.59 Å². The molecule has 3 heterocycles. The molecule has 6 nitrogen and oxygen atoms in total. The predicted molar refractivity (Wildman–Crippen MR) is 113 cm³/mol. The molecule has 0 saturated carbocycles. The number of methoxy groups -OCH3 is 1. The maximum Gasteiger partial charge on any atom is 0.373 e. The Morgan fingerprint density at radius 1 is 1.17 bits per heavy atom. The lowest BCUT2D eigenvalue weighted by Gasteiger charge is -2.10. The van der Waals surface area contributed by atoms with Gasteiger partial charge in [0, 0.05) is 10.9 Å². The normalized spacial score (nSPS) is 11.2. The maximum absolute atomic E-state index is 13.4. The molecule has 0 amide bonds. The van der Waals surface area contributed by atoms with E-state index in [1.54, 1.807) is 23.6 Å². The molecule has 0 aliphatic carbocycles. The molecule has 0 unspecified atom stereocenters. The van der Waals surface area contributed by atoms with E-state index in [1.165, 1.54) is 24.0 Å². The summed E-state index contributed by atoms with van der Waals surface area (Å²) >= 11 is 1.47. The van der Waals surface area contributed by atoms with Crippen LogP contribution in [0.1, 0.15) is 33.3 Å². The topological polar surface area (TPSA) is 74.3 Å². The van der Waals surface area contributed by atoms with Gasteiger partial charge in [0.15, 0.2) is 0 Å². The minimum atomic E-state index is -0.552. The summed E-state index contributed by atoms with van der Waals surface area (Å²) in [5.74, 6) is 0.630. The first-order chi connectivity index (χ1) is 13.9. The summed E-state index contributed by atoms with van der Waals surface area (Å²) in [6.07, 6.45) is 0. The van der Waals surface area contributed by atoms with Gasteiger partial charge in [-0.25, -0.2) is 9.78 Å². The molecule has 4 rings (SSSR count). The average molecular weight is 408 g/mol. The lowest BCUT2D eigenvalue weighted by atomic mass is 9.99. The number of esters is 1. The zero-order chi connectivity index (χ0) is 20.7. The minimum Gasteiger partial charge on any atom is -0.463 e. The molecule has 3 aromatic heterocycles. The van der Waals surface area contributed by atoms with Gasteiger partial charge in [-0.2, -0.15) is 0 Å². The molecule has 0 atom stereocenters. The van der Waals surface area contributed by atoms with Crippen LogP contribution in [0.15, 0.2) is 44.9 Å². The Bertz CT molecular complexity index is 1300. The molecule has 7 heteroatoms. The standard InChI is InChI=1S/C22H20N2O4S/c1-12-5-7-16(13(2)9-12)17-11-29-20-19(17)21(25)24(14(3)23-20)10-15-6-8-18(28-15)22(26)27-4/h5-9,11H,10H2,1-4H3. The molecule has 1 aromatic carbocycles. The monoisotopic (exact) mass is 408 g/mol. The summed E-state index contributed by atoms with van der Waals surface area (Å²) in [6, 6.07) is 9.41. The van der Waals surface area contributed by atoms with Crippen LogP contribution in [-0.2, 0) is 11.3 Å². The second-order valence-electron chi connectivity index (χ2n) is 6.96. The number of fused-ring (bicyclic) bond motifs is 1. The molecule has 0 radical (unpaired) electrons. The van der Waals surface area contributed by atoms with E-state index in [0.717, 1.165) is 16.7 Å². The van der Waals surface area contributed by atoms with Gasteiger partial charge in [-0.1, -0.05) is 23.8 Å². The highest BCUT2D eigenvalue weighted by Crippen LogP contribution is 2.33.